The second-order valence-corrected chi connectivity index (χ2v) is 9.24. The highest BCUT2D eigenvalue weighted by molar-refractivity contribution is 6.01. The molecule has 2 aliphatic rings. The predicted molar refractivity (Wildman–Crippen MR) is 145 cm³/mol. The third-order valence-corrected chi connectivity index (χ3v) is 6.67. The molecule has 3 unspecified atom stereocenters. The summed E-state index contributed by atoms with van der Waals surface area (Å²) in [5, 5.41) is 8.24. The number of halogens is 1. The van der Waals surface area contributed by atoms with E-state index in [0.29, 0.717) is 42.8 Å². The highest BCUT2D eigenvalue weighted by Crippen LogP contribution is 2.37. The lowest BCUT2D eigenvalue weighted by atomic mass is 9.83. The number of pyridine rings is 1. The average Bonchev–Trinajstić information content (AvgIpc) is 3.46. The van der Waals surface area contributed by atoms with Crippen LogP contribution >= 0.6 is 0 Å². The Bertz CT molecular complexity index is 1250. The molecule has 2 aromatic heterocycles. The Morgan fingerprint density at radius 3 is 2.81 bits per heavy atom. The Morgan fingerprint density at radius 2 is 2.16 bits per heavy atom. The van der Waals surface area contributed by atoms with Gasteiger partial charge in [-0.1, -0.05) is 6.08 Å². The molecule has 2 aromatic rings. The summed E-state index contributed by atoms with van der Waals surface area (Å²) < 4.78 is 25.8. The number of hydrazone groups is 1. The number of fused-ring (bicyclic) bond motifs is 1. The van der Waals surface area contributed by atoms with Gasteiger partial charge in [0.05, 0.1) is 35.9 Å². The molecule has 37 heavy (non-hydrogen) atoms. The standard InChI is InChI=1S/C27H36FN7O2/c1-7-9-22-16(3)20-12-19(13-30-14-24(29-6)23-11-10-21(28)17(4)31-23)33-27(15-36-8-2,25(20)32-22)26-35-34-18(5)37-26/h7,9-11,13,18-19,32-34H,8,12,14-15H2,1-6H3. The van der Waals surface area contributed by atoms with Crippen LogP contribution in [-0.2, 0) is 21.4 Å². The van der Waals surface area contributed by atoms with Crippen molar-refractivity contribution in [2.24, 2.45) is 15.1 Å². The first kappa shape index (κ1) is 26.7. The van der Waals surface area contributed by atoms with E-state index in [2.05, 4.69) is 43.8 Å². The number of aliphatic imine (C=N–C) groups is 2. The van der Waals surface area contributed by atoms with Crippen molar-refractivity contribution in [2.75, 3.05) is 26.8 Å². The van der Waals surface area contributed by atoms with E-state index in [1.807, 2.05) is 33.1 Å². The van der Waals surface area contributed by atoms with Gasteiger partial charge >= 0.3 is 0 Å². The highest BCUT2D eigenvalue weighted by Gasteiger charge is 2.49. The fraction of sp³-hybridized carbons (Fsp3) is 0.481. The molecule has 0 aliphatic carbocycles. The number of ether oxygens (including phenoxy) is 2. The molecular formula is C27H36FN7O2. The van der Waals surface area contributed by atoms with Gasteiger partial charge in [0.1, 0.15) is 5.82 Å². The monoisotopic (exact) mass is 509 g/mol. The van der Waals surface area contributed by atoms with E-state index in [1.165, 1.54) is 17.2 Å². The normalized spacial score (nSPS) is 23.9. The van der Waals surface area contributed by atoms with Gasteiger partial charge in [-0.2, -0.15) is 0 Å². The van der Waals surface area contributed by atoms with Gasteiger partial charge in [0.25, 0.3) is 0 Å². The average molecular weight is 510 g/mol. The van der Waals surface area contributed by atoms with E-state index in [4.69, 9.17) is 14.5 Å². The molecule has 2 aliphatic heterocycles. The first-order valence-electron chi connectivity index (χ1n) is 12.6. The van der Waals surface area contributed by atoms with Gasteiger partial charge in [-0.15, -0.1) is 5.10 Å². The van der Waals surface area contributed by atoms with Crippen LogP contribution in [0.25, 0.3) is 6.08 Å². The van der Waals surface area contributed by atoms with Gasteiger partial charge in [0.15, 0.2) is 11.8 Å². The smallest absolute Gasteiger partial charge is 0.237 e. The Morgan fingerprint density at radius 1 is 1.35 bits per heavy atom. The fourth-order valence-corrected chi connectivity index (χ4v) is 4.76. The SMILES string of the molecule is CC=Cc1[nH]c2c(c1C)CC(C=NCC(=NC)c1ccc(F)c(C)n1)NC2(COCC)C1=NNC(C)O1. The lowest BCUT2D eigenvalue weighted by Crippen LogP contribution is -2.61. The molecular weight excluding hydrogens is 473 g/mol. The third-order valence-electron chi connectivity index (χ3n) is 6.67. The van der Waals surface area contributed by atoms with Crippen LogP contribution in [-0.4, -0.2) is 66.9 Å². The topological polar surface area (TPSA) is 108 Å². The van der Waals surface area contributed by atoms with Gasteiger partial charge in [0, 0.05) is 31.6 Å². The summed E-state index contributed by atoms with van der Waals surface area (Å²) in [4.78, 5) is 17.0. The summed E-state index contributed by atoms with van der Waals surface area (Å²) in [6.07, 6.45) is 6.48. The Kier molecular flexibility index (Phi) is 8.19. The number of hydrogen-bond donors (Lipinski definition) is 3. The van der Waals surface area contributed by atoms with Gasteiger partial charge in [-0.3, -0.25) is 20.7 Å². The van der Waals surface area contributed by atoms with Crippen molar-refractivity contribution in [3.05, 3.63) is 57.9 Å². The third kappa shape index (κ3) is 5.35. The minimum Gasteiger partial charge on any atom is -0.453 e. The fourth-order valence-electron chi connectivity index (χ4n) is 4.76. The zero-order chi connectivity index (χ0) is 26.6. The minimum atomic E-state index is -0.820. The van der Waals surface area contributed by atoms with Crippen LogP contribution in [0.15, 0.2) is 33.3 Å². The van der Waals surface area contributed by atoms with Crippen LogP contribution in [0.5, 0.6) is 0 Å². The molecule has 4 heterocycles. The number of aryl methyl sites for hydroxylation is 1. The van der Waals surface area contributed by atoms with Crippen LogP contribution in [0.2, 0.25) is 0 Å². The maximum Gasteiger partial charge on any atom is 0.237 e. The van der Waals surface area contributed by atoms with E-state index in [9.17, 15) is 4.39 Å². The van der Waals surface area contributed by atoms with Gasteiger partial charge in [-0.05, 0) is 70.4 Å². The second kappa shape index (κ2) is 11.4. The van der Waals surface area contributed by atoms with Crippen molar-refractivity contribution in [3.63, 3.8) is 0 Å². The first-order valence-corrected chi connectivity index (χ1v) is 12.6. The van der Waals surface area contributed by atoms with E-state index in [0.717, 1.165) is 17.8 Å². The summed E-state index contributed by atoms with van der Waals surface area (Å²) in [5.41, 5.74) is 8.24. The van der Waals surface area contributed by atoms with Crippen LogP contribution in [0.3, 0.4) is 0 Å². The van der Waals surface area contributed by atoms with Crippen LogP contribution in [0.1, 0.15) is 54.7 Å². The predicted octanol–water partition coefficient (Wildman–Crippen LogP) is 3.41. The molecule has 9 nitrogen and oxygen atoms in total. The Hall–Kier alpha value is -3.37. The number of aromatic nitrogens is 2. The van der Waals surface area contributed by atoms with Crippen molar-refractivity contribution in [1.29, 1.82) is 0 Å². The van der Waals surface area contributed by atoms with Crippen molar-refractivity contribution >= 4 is 23.9 Å². The number of hydrogen-bond acceptors (Lipinski definition) is 8. The lowest BCUT2D eigenvalue weighted by Gasteiger charge is -2.40. The van der Waals surface area contributed by atoms with E-state index in [-0.39, 0.29) is 18.1 Å². The van der Waals surface area contributed by atoms with Crippen molar-refractivity contribution in [1.82, 2.24) is 20.7 Å². The van der Waals surface area contributed by atoms with Crippen molar-refractivity contribution < 1.29 is 13.9 Å². The van der Waals surface area contributed by atoms with Gasteiger partial charge in [-0.25, -0.2) is 9.37 Å². The minimum absolute atomic E-state index is 0.121. The zero-order valence-electron chi connectivity index (χ0n) is 22.4. The Labute approximate surface area is 217 Å². The van der Waals surface area contributed by atoms with Crippen LogP contribution < -0.4 is 10.7 Å². The second-order valence-electron chi connectivity index (χ2n) is 9.24. The molecule has 10 heteroatoms. The van der Waals surface area contributed by atoms with Crippen LogP contribution in [0.4, 0.5) is 4.39 Å². The Balaban J connectivity index is 1.67. The molecule has 0 amide bonds. The molecule has 0 saturated carbocycles. The van der Waals surface area contributed by atoms with Crippen molar-refractivity contribution in [2.45, 2.75) is 58.8 Å². The lowest BCUT2D eigenvalue weighted by molar-refractivity contribution is 0.0797. The van der Waals surface area contributed by atoms with Gasteiger partial charge < -0.3 is 14.5 Å². The van der Waals surface area contributed by atoms with E-state index in [1.54, 1.807) is 20.0 Å². The molecule has 0 bridgehead atoms. The summed E-state index contributed by atoms with van der Waals surface area (Å²) in [6.45, 7) is 10.9. The highest BCUT2D eigenvalue weighted by atomic mass is 19.1. The zero-order valence-corrected chi connectivity index (χ0v) is 22.4. The number of H-pyrrole nitrogens is 1. The molecule has 0 aromatic carbocycles. The summed E-state index contributed by atoms with van der Waals surface area (Å²) in [7, 11) is 1.69. The van der Waals surface area contributed by atoms with Crippen LogP contribution in [0, 0.1) is 19.7 Å². The molecule has 4 rings (SSSR count). The number of aromatic amines is 1. The summed E-state index contributed by atoms with van der Waals surface area (Å²) >= 11 is 0. The number of nitrogens with one attached hydrogen (secondary N) is 3. The quantitative estimate of drug-likeness (QED) is 0.449. The van der Waals surface area contributed by atoms with E-state index < -0.39 is 5.54 Å². The van der Waals surface area contributed by atoms with Gasteiger partial charge in [0.2, 0.25) is 5.90 Å². The molecule has 198 valence electrons. The molecule has 0 fully saturated rings. The molecule has 3 N–H and O–H groups in total. The summed E-state index contributed by atoms with van der Waals surface area (Å²) in [6, 6.07) is 2.92. The van der Waals surface area contributed by atoms with Crippen molar-refractivity contribution in [3.8, 4) is 0 Å². The number of allylic oxidation sites excluding steroid dienone is 1. The maximum absolute atomic E-state index is 13.7. The number of nitrogens with zero attached hydrogens (tertiary/aromatic N) is 4. The summed E-state index contributed by atoms with van der Waals surface area (Å²) in [5.74, 6) is 0.193. The number of rotatable bonds is 9. The molecule has 0 radical (unpaired) electrons. The molecule has 3 atom stereocenters. The maximum atomic E-state index is 13.7. The largest absolute Gasteiger partial charge is 0.453 e. The molecule has 0 saturated heterocycles. The first-order chi connectivity index (χ1) is 17.8. The molecule has 0 spiro atoms. The van der Waals surface area contributed by atoms with E-state index >= 15 is 0 Å².